The molecule has 2 rings (SSSR count). The lowest BCUT2D eigenvalue weighted by Gasteiger charge is -2.17. The average molecular weight is 338 g/mol. The van der Waals surface area contributed by atoms with Crippen molar-refractivity contribution in [2.24, 2.45) is 0 Å². The topological polar surface area (TPSA) is 52.6 Å². The quantitative estimate of drug-likeness (QED) is 0.333. The van der Waals surface area contributed by atoms with Gasteiger partial charge < -0.3 is 9.47 Å². The molecule has 0 aliphatic heterocycles. The number of carbonyl (C=O) groups is 2. The monoisotopic (exact) mass is 338 g/mol. The first kappa shape index (κ1) is 18.5. The molecule has 0 bridgehead atoms. The Morgan fingerprint density at radius 1 is 0.840 bits per heavy atom. The third kappa shape index (κ3) is 5.05. The van der Waals surface area contributed by atoms with Crippen LogP contribution in [-0.4, -0.2) is 26.2 Å². The van der Waals surface area contributed by atoms with Gasteiger partial charge in [-0.25, -0.2) is 9.59 Å². The number of esters is 2. The smallest absolute Gasteiger partial charge is 0.344 e. The number of ether oxygens (including phenoxy) is 2. The van der Waals surface area contributed by atoms with Crippen molar-refractivity contribution >= 4 is 11.9 Å². The lowest BCUT2D eigenvalue weighted by Crippen LogP contribution is -2.16. The first-order valence-electron chi connectivity index (χ1n) is 8.14. The van der Waals surface area contributed by atoms with E-state index in [1.54, 1.807) is 6.08 Å². The highest BCUT2D eigenvalue weighted by Gasteiger charge is 2.20. The largest absolute Gasteiger partial charge is 0.465 e. The highest BCUT2D eigenvalue weighted by atomic mass is 16.5. The second kappa shape index (κ2) is 9.42. The third-order valence-electron chi connectivity index (χ3n) is 4.02. The minimum absolute atomic E-state index is 0.0649. The summed E-state index contributed by atoms with van der Waals surface area (Å²) in [7, 11) is 2.49. The van der Waals surface area contributed by atoms with Crippen molar-refractivity contribution in [2.45, 2.75) is 18.8 Å². The van der Waals surface area contributed by atoms with E-state index in [0.29, 0.717) is 6.42 Å². The van der Waals surface area contributed by atoms with E-state index in [4.69, 9.17) is 0 Å². The van der Waals surface area contributed by atoms with Crippen molar-refractivity contribution in [3.8, 4) is 0 Å². The van der Waals surface area contributed by atoms with Gasteiger partial charge in [0.05, 0.1) is 14.2 Å². The summed E-state index contributed by atoms with van der Waals surface area (Å²) in [6, 6.07) is 20.4. The Hall–Kier alpha value is -2.88. The second-order valence-corrected chi connectivity index (χ2v) is 5.55. The molecule has 4 nitrogen and oxygen atoms in total. The highest BCUT2D eigenvalue weighted by Crippen LogP contribution is 2.29. The zero-order valence-electron chi connectivity index (χ0n) is 14.5. The lowest BCUT2D eigenvalue weighted by atomic mass is 9.87. The van der Waals surface area contributed by atoms with Crippen molar-refractivity contribution in [1.82, 2.24) is 0 Å². The van der Waals surface area contributed by atoms with Crippen LogP contribution in [0.1, 0.15) is 29.9 Å². The Balaban J connectivity index is 2.21. The molecule has 0 fully saturated rings. The molecule has 0 unspecified atom stereocenters. The lowest BCUT2D eigenvalue weighted by molar-refractivity contribution is -0.144. The molecule has 0 heterocycles. The van der Waals surface area contributed by atoms with Gasteiger partial charge in [0, 0.05) is 5.92 Å². The van der Waals surface area contributed by atoms with Gasteiger partial charge in [0.1, 0.15) is 5.57 Å². The molecule has 0 aliphatic rings. The van der Waals surface area contributed by atoms with Crippen LogP contribution in [0.5, 0.6) is 0 Å². The predicted molar refractivity (Wildman–Crippen MR) is 96.1 cm³/mol. The molecule has 25 heavy (non-hydrogen) atoms. The Morgan fingerprint density at radius 3 is 1.68 bits per heavy atom. The molecule has 0 saturated heterocycles. The normalized spacial score (nSPS) is 10.2. The Bertz CT molecular complexity index is 663. The van der Waals surface area contributed by atoms with Gasteiger partial charge in [0.25, 0.3) is 0 Å². The summed E-state index contributed by atoms with van der Waals surface area (Å²) in [4.78, 5) is 23.5. The number of hydrogen-bond donors (Lipinski definition) is 0. The minimum Gasteiger partial charge on any atom is -0.465 e. The SMILES string of the molecule is COC(=O)C(=CCCC(c1ccccc1)c1ccccc1)C(=O)OC. The van der Waals surface area contributed by atoms with Crippen LogP contribution in [0.25, 0.3) is 0 Å². The first-order valence-corrected chi connectivity index (χ1v) is 8.14. The molecular formula is C21H22O4. The molecule has 130 valence electrons. The molecule has 0 amide bonds. The van der Waals surface area contributed by atoms with Crippen molar-refractivity contribution in [3.63, 3.8) is 0 Å². The average Bonchev–Trinajstić information content (AvgIpc) is 2.68. The number of hydrogen-bond acceptors (Lipinski definition) is 4. The second-order valence-electron chi connectivity index (χ2n) is 5.55. The Kier molecular flexibility index (Phi) is 6.96. The fraction of sp³-hybridized carbons (Fsp3) is 0.238. The van der Waals surface area contributed by atoms with Crippen LogP contribution in [0, 0.1) is 0 Å². The van der Waals surface area contributed by atoms with Crippen LogP contribution in [0.3, 0.4) is 0 Å². The van der Waals surface area contributed by atoms with E-state index in [-0.39, 0.29) is 11.5 Å². The zero-order chi connectivity index (χ0) is 18.1. The van der Waals surface area contributed by atoms with Crippen LogP contribution in [-0.2, 0) is 19.1 Å². The summed E-state index contributed by atoms with van der Waals surface area (Å²) in [5.41, 5.74) is 2.32. The summed E-state index contributed by atoms with van der Waals surface area (Å²) >= 11 is 0. The van der Waals surface area contributed by atoms with Crippen LogP contribution in [0.15, 0.2) is 72.3 Å². The molecule has 0 aliphatic carbocycles. The zero-order valence-corrected chi connectivity index (χ0v) is 14.5. The van der Waals surface area contributed by atoms with E-state index in [9.17, 15) is 9.59 Å². The molecule has 0 radical (unpaired) electrons. The van der Waals surface area contributed by atoms with Gasteiger partial charge in [-0.3, -0.25) is 0 Å². The molecule has 0 spiro atoms. The molecule has 0 N–H and O–H groups in total. The fourth-order valence-electron chi connectivity index (χ4n) is 2.76. The van der Waals surface area contributed by atoms with Crippen molar-refractivity contribution < 1.29 is 19.1 Å². The fourth-order valence-corrected chi connectivity index (χ4v) is 2.76. The standard InChI is InChI=1S/C21H22O4/c1-24-20(22)19(21(23)25-2)15-9-14-18(16-10-5-3-6-11-16)17-12-7-4-8-13-17/h3-8,10-13,15,18H,9,14H2,1-2H3. The third-order valence-corrected chi connectivity index (χ3v) is 4.02. The number of carbonyl (C=O) groups excluding carboxylic acids is 2. The van der Waals surface area contributed by atoms with E-state index >= 15 is 0 Å². The van der Waals surface area contributed by atoms with E-state index in [1.165, 1.54) is 25.3 Å². The Labute approximate surface area is 148 Å². The molecule has 0 atom stereocenters. The molecular weight excluding hydrogens is 316 g/mol. The van der Waals surface area contributed by atoms with Crippen molar-refractivity contribution in [2.75, 3.05) is 14.2 Å². The van der Waals surface area contributed by atoms with Crippen molar-refractivity contribution in [1.29, 1.82) is 0 Å². The van der Waals surface area contributed by atoms with Crippen molar-refractivity contribution in [3.05, 3.63) is 83.4 Å². The van der Waals surface area contributed by atoms with E-state index in [0.717, 1.165) is 6.42 Å². The summed E-state index contributed by atoms with van der Waals surface area (Å²) < 4.78 is 9.31. The van der Waals surface area contributed by atoms with Gasteiger partial charge in [0.2, 0.25) is 0 Å². The minimum atomic E-state index is -0.678. The van der Waals surface area contributed by atoms with Crippen LogP contribution < -0.4 is 0 Å². The molecule has 2 aromatic rings. The number of rotatable bonds is 7. The molecule has 4 heteroatoms. The summed E-state index contributed by atoms with van der Waals surface area (Å²) in [5, 5.41) is 0. The highest BCUT2D eigenvalue weighted by molar-refractivity contribution is 6.13. The van der Waals surface area contributed by atoms with Gasteiger partial charge in [-0.15, -0.1) is 0 Å². The van der Waals surface area contributed by atoms with E-state index in [2.05, 4.69) is 33.7 Å². The maximum atomic E-state index is 11.7. The maximum absolute atomic E-state index is 11.7. The van der Waals surface area contributed by atoms with E-state index < -0.39 is 11.9 Å². The van der Waals surface area contributed by atoms with Crippen LogP contribution in [0.4, 0.5) is 0 Å². The first-order chi connectivity index (χ1) is 12.2. The summed E-state index contributed by atoms with van der Waals surface area (Å²) in [6.07, 6.45) is 2.90. The summed E-state index contributed by atoms with van der Waals surface area (Å²) in [6.45, 7) is 0. The van der Waals surface area contributed by atoms with Gasteiger partial charge in [-0.05, 0) is 24.0 Å². The molecule has 2 aromatic carbocycles. The van der Waals surface area contributed by atoms with Crippen LogP contribution >= 0.6 is 0 Å². The predicted octanol–water partition coefficient (Wildman–Crippen LogP) is 3.87. The maximum Gasteiger partial charge on any atom is 0.344 e. The number of allylic oxidation sites excluding steroid dienone is 1. The molecule has 0 aromatic heterocycles. The van der Waals surface area contributed by atoms with Gasteiger partial charge >= 0.3 is 11.9 Å². The number of benzene rings is 2. The van der Waals surface area contributed by atoms with E-state index in [1.807, 2.05) is 36.4 Å². The summed E-state index contributed by atoms with van der Waals surface area (Å²) in [5.74, 6) is -1.18. The van der Waals surface area contributed by atoms with Crippen LogP contribution in [0.2, 0.25) is 0 Å². The Morgan fingerprint density at radius 2 is 1.28 bits per heavy atom. The van der Waals surface area contributed by atoms with Gasteiger partial charge in [-0.2, -0.15) is 0 Å². The van der Waals surface area contributed by atoms with Gasteiger partial charge in [0.15, 0.2) is 0 Å². The number of methoxy groups -OCH3 is 2. The molecule has 0 saturated carbocycles. The van der Waals surface area contributed by atoms with Gasteiger partial charge in [-0.1, -0.05) is 66.7 Å².